The molecule has 6 heteroatoms. The summed E-state index contributed by atoms with van der Waals surface area (Å²) in [5, 5.41) is 8.82. The smallest absolute Gasteiger partial charge is 0.312 e. The Labute approximate surface area is 89.7 Å². The van der Waals surface area contributed by atoms with Crippen molar-refractivity contribution in [1.82, 2.24) is 0 Å². The van der Waals surface area contributed by atoms with Crippen LogP contribution in [0.2, 0.25) is 0 Å². The quantitative estimate of drug-likeness (QED) is 0.780. The average Bonchev–Trinajstić information content (AvgIpc) is 2.12. The lowest BCUT2D eigenvalue weighted by Crippen LogP contribution is -2.31. The third kappa shape index (κ3) is 2.33. The number of hydrogen-bond donors (Lipinski definition) is 2. The number of carboxylic acid groups (broad SMARTS) is 1. The molecule has 88 valence electrons. The zero-order valence-corrected chi connectivity index (χ0v) is 8.38. The van der Waals surface area contributed by atoms with Gasteiger partial charge in [0, 0.05) is 17.7 Å². The molecule has 3 nitrogen and oxygen atoms in total. The standard InChI is InChI=1S/C10H10F3NO2/c1-4(14)9(10(15)16)5-2-7(12)8(13)3-6(5)11/h2-4,9H,14H2,1H3,(H,15,16). The molecule has 1 aromatic rings. The largest absolute Gasteiger partial charge is 0.481 e. The monoisotopic (exact) mass is 233 g/mol. The lowest BCUT2D eigenvalue weighted by atomic mass is 9.92. The highest BCUT2D eigenvalue weighted by atomic mass is 19.2. The first-order valence-corrected chi connectivity index (χ1v) is 4.47. The number of benzene rings is 1. The second-order valence-electron chi connectivity index (χ2n) is 3.46. The van der Waals surface area contributed by atoms with Crippen LogP contribution >= 0.6 is 0 Å². The van der Waals surface area contributed by atoms with E-state index in [1.807, 2.05) is 0 Å². The maximum absolute atomic E-state index is 13.3. The molecule has 2 atom stereocenters. The van der Waals surface area contributed by atoms with Crippen LogP contribution in [0.25, 0.3) is 0 Å². The fourth-order valence-electron chi connectivity index (χ4n) is 1.42. The normalized spacial score (nSPS) is 14.6. The molecule has 0 heterocycles. The Morgan fingerprint density at radius 2 is 1.75 bits per heavy atom. The molecule has 2 unspecified atom stereocenters. The summed E-state index contributed by atoms with van der Waals surface area (Å²) in [4.78, 5) is 10.8. The molecule has 0 aliphatic rings. The van der Waals surface area contributed by atoms with Crippen molar-refractivity contribution in [2.75, 3.05) is 0 Å². The first kappa shape index (κ1) is 12.5. The van der Waals surface area contributed by atoms with E-state index >= 15 is 0 Å². The van der Waals surface area contributed by atoms with Crippen molar-refractivity contribution in [3.8, 4) is 0 Å². The van der Waals surface area contributed by atoms with Crippen molar-refractivity contribution in [2.24, 2.45) is 5.73 Å². The van der Waals surface area contributed by atoms with E-state index in [2.05, 4.69) is 0 Å². The molecule has 0 saturated heterocycles. The van der Waals surface area contributed by atoms with Gasteiger partial charge in [-0.05, 0) is 13.0 Å². The number of nitrogens with two attached hydrogens (primary N) is 1. The molecule has 0 radical (unpaired) electrons. The Bertz CT molecular complexity index is 421. The molecule has 0 spiro atoms. The molecule has 0 aliphatic heterocycles. The van der Waals surface area contributed by atoms with E-state index < -0.39 is 40.9 Å². The Kier molecular flexibility index (Phi) is 3.54. The SMILES string of the molecule is CC(N)C(C(=O)O)c1cc(F)c(F)cc1F. The molecule has 0 aromatic heterocycles. The van der Waals surface area contributed by atoms with Crippen molar-refractivity contribution in [3.63, 3.8) is 0 Å². The fourth-order valence-corrected chi connectivity index (χ4v) is 1.42. The van der Waals surface area contributed by atoms with E-state index in [-0.39, 0.29) is 0 Å². The molecular formula is C10H10F3NO2. The maximum Gasteiger partial charge on any atom is 0.312 e. The first-order chi connectivity index (χ1) is 7.34. The minimum Gasteiger partial charge on any atom is -0.481 e. The van der Waals surface area contributed by atoms with Gasteiger partial charge in [0.15, 0.2) is 11.6 Å². The van der Waals surface area contributed by atoms with Crippen LogP contribution in [0.5, 0.6) is 0 Å². The molecule has 1 aromatic carbocycles. The zero-order valence-electron chi connectivity index (χ0n) is 8.38. The van der Waals surface area contributed by atoms with Gasteiger partial charge in [-0.15, -0.1) is 0 Å². The molecular weight excluding hydrogens is 223 g/mol. The maximum atomic E-state index is 13.3. The number of carboxylic acids is 1. The first-order valence-electron chi connectivity index (χ1n) is 4.47. The van der Waals surface area contributed by atoms with E-state index in [1.54, 1.807) is 0 Å². The molecule has 0 saturated carbocycles. The van der Waals surface area contributed by atoms with Crippen molar-refractivity contribution in [2.45, 2.75) is 18.9 Å². The molecule has 3 N–H and O–H groups in total. The van der Waals surface area contributed by atoms with Crippen LogP contribution in [-0.2, 0) is 4.79 Å². The number of halogens is 3. The molecule has 1 rings (SSSR count). The van der Waals surface area contributed by atoms with Gasteiger partial charge in [-0.2, -0.15) is 0 Å². The third-order valence-corrected chi connectivity index (χ3v) is 2.17. The molecule has 0 bridgehead atoms. The van der Waals surface area contributed by atoms with Crippen LogP contribution in [0, 0.1) is 17.5 Å². The summed E-state index contributed by atoms with van der Waals surface area (Å²) in [5.74, 6) is -6.59. The lowest BCUT2D eigenvalue weighted by molar-refractivity contribution is -0.139. The van der Waals surface area contributed by atoms with E-state index in [0.29, 0.717) is 12.1 Å². The Morgan fingerprint density at radius 1 is 1.25 bits per heavy atom. The minimum absolute atomic E-state index is 0.309. The second-order valence-corrected chi connectivity index (χ2v) is 3.46. The van der Waals surface area contributed by atoms with Gasteiger partial charge < -0.3 is 10.8 Å². The van der Waals surface area contributed by atoms with Gasteiger partial charge in [-0.3, -0.25) is 4.79 Å². The second kappa shape index (κ2) is 4.52. The minimum atomic E-state index is -1.41. The Morgan fingerprint density at radius 3 is 2.19 bits per heavy atom. The molecule has 16 heavy (non-hydrogen) atoms. The van der Waals surface area contributed by atoms with Crippen LogP contribution in [0.15, 0.2) is 12.1 Å². The number of aliphatic carboxylic acids is 1. The predicted octanol–water partition coefficient (Wildman–Crippen LogP) is 1.62. The van der Waals surface area contributed by atoms with Gasteiger partial charge in [0.1, 0.15) is 5.82 Å². The summed E-state index contributed by atoms with van der Waals surface area (Å²) in [6, 6.07) is -0.0904. The van der Waals surface area contributed by atoms with Crippen LogP contribution in [0.4, 0.5) is 13.2 Å². The van der Waals surface area contributed by atoms with E-state index in [0.717, 1.165) is 0 Å². The highest BCUT2D eigenvalue weighted by molar-refractivity contribution is 5.77. The average molecular weight is 233 g/mol. The summed E-state index contributed by atoms with van der Waals surface area (Å²) >= 11 is 0. The Hall–Kier alpha value is -1.56. The highest BCUT2D eigenvalue weighted by Crippen LogP contribution is 2.24. The lowest BCUT2D eigenvalue weighted by Gasteiger charge is -2.17. The summed E-state index contributed by atoms with van der Waals surface area (Å²) in [6.07, 6.45) is 0. The van der Waals surface area contributed by atoms with Crippen molar-refractivity contribution in [1.29, 1.82) is 0 Å². The van der Waals surface area contributed by atoms with Crippen molar-refractivity contribution in [3.05, 3.63) is 35.1 Å². The van der Waals surface area contributed by atoms with E-state index in [1.165, 1.54) is 6.92 Å². The summed E-state index contributed by atoms with van der Waals surface area (Å²) in [7, 11) is 0. The fraction of sp³-hybridized carbons (Fsp3) is 0.300. The van der Waals surface area contributed by atoms with Gasteiger partial charge >= 0.3 is 5.97 Å². The van der Waals surface area contributed by atoms with Crippen LogP contribution in [0.1, 0.15) is 18.4 Å². The van der Waals surface area contributed by atoms with Gasteiger partial charge in [0.25, 0.3) is 0 Å². The van der Waals surface area contributed by atoms with Crippen LogP contribution in [0.3, 0.4) is 0 Å². The molecule has 0 amide bonds. The predicted molar refractivity (Wildman–Crippen MR) is 50.3 cm³/mol. The summed E-state index contributed by atoms with van der Waals surface area (Å²) in [5.41, 5.74) is 4.91. The Balaban J connectivity index is 3.30. The number of rotatable bonds is 3. The van der Waals surface area contributed by atoms with E-state index in [9.17, 15) is 18.0 Å². The van der Waals surface area contributed by atoms with Crippen molar-refractivity contribution < 1.29 is 23.1 Å². The van der Waals surface area contributed by atoms with Crippen LogP contribution in [-0.4, -0.2) is 17.1 Å². The summed E-state index contributed by atoms with van der Waals surface area (Å²) in [6.45, 7) is 1.35. The van der Waals surface area contributed by atoms with Crippen molar-refractivity contribution >= 4 is 5.97 Å². The number of hydrogen-bond acceptors (Lipinski definition) is 2. The summed E-state index contributed by atoms with van der Waals surface area (Å²) < 4.78 is 38.8. The van der Waals surface area contributed by atoms with E-state index in [4.69, 9.17) is 10.8 Å². The van der Waals surface area contributed by atoms with Gasteiger partial charge in [-0.1, -0.05) is 0 Å². The third-order valence-electron chi connectivity index (χ3n) is 2.17. The zero-order chi connectivity index (χ0) is 12.5. The van der Waals surface area contributed by atoms with Gasteiger partial charge in [0.05, 0.1) is 5.92 Å². The van der Waals surface area contributed by atoms with Gasteiger partial charge in [0.2, 0.25) is 0 Å². The topological polar surface area (TPSA) is 63.3 Å². The van der Waals surface area contributed by atoms with Gasteiger partial charge in [-0.25, -0.2) is 13.2 Å². The van der Waals surface area contributed by atoms with Crippen LogP contribution < -0.4 is 5.73 Å². The molecule has 0 fully saturated rings. The number of carbonyl (C=O) groups is 1. The highest BCUT2D eigenvalue weighted by Gasteiger charge is 2.28. The molecule has 0 aliphatic carbocycles.